The molecule has 0 amide bonds. The number of hydrogen-bond acceptors (Lipinski definition) is 2. The minimum absolute atomic E-state index is 0.202. The lowest BCUT2D eigenvalue weighted by Crippen LogP contribution is -2.26. The fourth-order valence-corrected chi connectivity index (χ4v) is 14.6. The first-order valence-electron chi connectivity index (χ1n) is 29.9. The van der Waals surface area contributed by atoms with E-state index in [0.29, 0.717) is 6.42 Å². The van der Waals surface area contributed by atoms with Gasteiger partial charge in [-0.25, -0.2) is 0 Å². The molecule has 6 nitrogen and oxygen atoms in total. The fourth-order valence-electron chi connectivity index (χ4n) is 14.6. The number of alkyl halides is 3. The van der Waals surface area contributed by atoms with Crippen LogP contribution in [0.15, 0.2) is 284 Å². The Hall–Kier alpha value is -11.2. The van der Waals surface area contributed by atoms with Gasteiger partial charge < -0.3 is 23.6 Å². The molecule has 0 saturated carbocycles. The number of rotatable bonds is 7. The van der Waals surface area contributed by atoms with Crippen molar-refractivity contribution in [3.8, 4) is 22.7 Å². The van der Waals surface area contributed by atoms with Gasteiger partial charge in [0, 0.05) is 88.6 Å². The number of fused-ring (bicyclic) bond motifs is 15. The number of anilines is 1. The van der Waals surface area contributed by atoms with Crippen molar-refractivity contribution in [1.29, 1.82) is 0 Å². The molecule has 418 valence electrons. The van der Waals surface area contributed by atoms with Crippen molar-refractivity contribution in [3.05, 3.63) is 301 Å². The molecule has 0 bridgehead atoms. The molecule has 0 radical (unpaired) electrons. The van der Waals surface area contributed by atoms with Crippen molar-refractivity contribution in [2.75, 3.05) is 5.32 Å². The largest absolute Gasteiger partial charge is 0.416 e. The average molecular weight is 1140 g/mol. The minimum atomic E-state index is -4.43. The van der Waals surface area contributed by atoms with Crippen LogP contribution in [0.25, 0.3) is 126 Å². The zero-order valence-electron chi connectivity index (χ0n) is 47.3. The summed E-state index contributed by atoms with van der Waals surface area (Å²) in [6, 6.07) is 91.2. The monoisotopic (exact) mass is 1140 g/mol. The van der Waals surface area contributed by atoms with Crippen LogP contribution in [0.3, 0.4) is 0 Å². The molecule has 18 rings (SSSR count). The molecule has 4 aromatic heterocycles. The Morgan fingerprint density at radius 2 is 0.807 bits per heavy atom. The molecular formula is C79H51F3N6. The molecule has 2 atom stereocenters. The third-order valence-corrected chi connectivity index (χ3v) is 18.5. The van der Waals surface area contributed by atoms with Crippen LogP contribution in [0.1, 0.15) is 34.8 Å². The SMILES string of the molecule is FC(F)(F)c1ccc(C2=CC=CC(C3=NC(c4cc(-n5c6ccccc6c6ccc(-n7c8ccccc8c8ccccc87)cc65)cc(-n5c6ccccc6c6ccc(-n7c8ccccc8c8ccccc87)cc65)c4)Nc4ccc5ccccc5c43)C2)cc1. The molecule has 1 aliphatic heterocycles. The predicted octanol–water partition coefficient (Wildman–Crippen LogP) is 20.8. The Morgan fingerprint density at radius 3 is 1.27 bits per heavy atom. The molecule has 0 saturated heterocycles. The van der Waals surface area contributed by atoms with Crippen molar-refractivity contribution in [3.63, 3.8) is 0 Å². The number of para-hydroxylation sites is 6. The van der Waals surface area contributed by atoms with E-state index in [-0.39, 0.29) is 5.92 Å². The van der Waals surface area contributed by atoms with E-state index in [1.807, 2.05) is 12.2 Å². The summed E-state index contributed by atoms with van der Waals surface area (Å²) in [5.74, 6) is -0.202. The maximum absolute atomic E-state index is 13.9. The highest BCUT2D eigenvalue weighted by molar-refractivity contribution is 6.19. The number of aliphatic imine (C=N–C) groups is 1. The van der Waals surface area contributed by atoms with Crippen molar-refractivity contribution >= 4 is 115 Å². The van der Waals surface area contributed by atoms with Crippen LogP contribution in [-0.2, 0) is 6.18 Å². The molecule has 1 N–H and O–H groups in total. The van der Waals surface area contributed by atoms with Crippen LogP contribution in [0.4, 0.5) is 18.9 Å². The highest BCUT2D eigenvalue weighted by Gasteiger charge is 2.33. The second-order valence-corrected chi connectivity index (χ2v) is 23.4. The van der Waals surface area contributed by atoms with Gasteiger partial charge in [-0.05, 0) is 125 Å². The summed E-state index contributed by atoms with van der Waals surface area (Å²) < 4.78 is 51.3. The van der Waals surface area contributed by atoms with E-state index in [4.69, 9.17) is 4.99 Å². The minimum Gasteiger partial charge on any atom is -0.360 e. The van der Waals surface area contributed by atoms with Gasteiger partial charge in [-0.3, -0.25) is 4.99 Å². The number of hydrogen-bond donors (Lipinski definition) is 1. The first-order valence-corrected chi connectivity index (χ1v) is 29.9. The van der Waals surface area contributed by atoms with Gasteiger partial charge in [0.25, 0.3) is 0 Å². The van der Waals surface area contributed by atoms with E-state index in [2.05, 4.69) is 266 Å². The zero-order valence-corrected chi connectivity index (χ0v) is 47.3. The van der Waals surface area contributed by atoms with Gasteiger partial charge in [0.15, 0.2) is 0 Å². The third kappa shape index (κ3) is 7.66. The van der Waals surface area contributed by atoms with Crippen LogP contribution >= 0.6 is 0 Å². The number of nitrogens with one attached hydrogen (secondary N) is 1. The van der Waals surface area contributed by atoms with Gasteiger partial charge in [-0.15, -0.1) is 0 Å². The molecule has 0 spiro atoms. The highest BCUT2D eigenvalue weighted by atomic mass is 19.4. The number of aromatic nitrogens is 4. The molecule has 16 aromatic rings. The van der Waals surface area contributed by atoms with E-state index >= 15 is 0 Å². The lowest BCUT2D eigenvalue weighted by Gasteiger charge is -2.31. The molecule has 88 heavy (non-hydrogen) atoms. The Labute approximate surface area is 502 Å². The summed E-state index contributed by atoms with van der Waals surface area (Å²) in [4.78, 5) is 5.90. The third-order valence-electron chi connectivity index (χ3n) is 18.5. The quantitative estimate of drug-likeness (QED) is 0.170. The molecule has 1 aliphatic carbocycles. The fraction of sp³-hybridized carbons (Fsp3) is 0.0506. The van der Waals surface area contributed by atoms with Gasteiger partial charge in [0.2, 0.25) is 0 Å². The van der Waals surface area contributed by atoms with Crippen molar-refractivity contribution in [1.82, 2.24) is 18.3 Å². The van der Waals surface area contributed by atoms with Gasteiger partial charge in [-0.2, -0.15) is 13.2 Å². The van der Waals surface area contributed by atoms with Crippen LogP contribution in [0, 0.1) is 5.92 Å². The second kappa shape index (κ2) is 19.2. The van der Waals surface area contributed by atoms with E-state index < -0.39 is 17.9 Å². The predicted molar refractivity (Wildman–Crippen MR) is 357 cm³/mol. The lowest BCUT2D eigenvalue weighted by molar-refractivity contribution is -0.137. The Balaban J connectivity index is 0.890. The number of nitrogens with zero attached hydrogens (tertiary/aromatic N) is 5. The Kier molecular flexibility index (Phi) is 10.9. The summed E-state index contributed by atoms with van der Waals surface area (Å²) in [5.41, 5.74) is 17.8. The molecule has 0 fully saturated rings. The lowest BCUT2D eigenvalue weighted by atomic mass is 9.82. The Bertz CT molecular complexity index is 5350. The number of allylic oxidation sites excluding steroid dienone is 4. The van der Waals surface area contributed by atoms with Crippen LogP contribution in [0.5, 0.6) is 0 Å². The van der Waals surface area contributed by atoms with Gasteiger partial charge >= 0.3 is 6.18 Å². The van der Waals surface area contributed by atoms with Crippen LogP contribution in [0.2, 0.25) is 0 Å². The molecule has 2 aliphatic rings. The topological polar surface area (TPSA) is 44.1 Å². The average Bonchev–Trinajstić information content (AvgIpc) is 1.68. The molecule has 5 heterocycles. The first kappa shape index (κ1) is 50.2. The van der Waals surface area contributed by atoms with Gasteiger partial charge in [-0.1, -0.05) is 182 Å². The van der Waals surface area contributed by atoms with E-state index in [0.717, 1.165) is 133 Å². The molecular weight excluding hydrogens is 1090 g/mol. The maximum atomic E-state index is 13.9. The van der Waals surface area contributed by atoms with E-state index in [9.17, 15) is 13.2 Å². The highest BCUT2D eigenvalue weighted by Crippen LogP contribution is 2.45. The summed E-state index contributed by atoms with van der Waals surface area (Å²) in [6.45, 7) is 0. The van der Waals surface area contributed by atoms with Crippen molar-refractivity contribution in [2.24, 2.45) is 10.9 Å². The van der Waals surface area contributed by atoms with Crippen LogP contribution in [-0.4, -0.2) is 24.0 Å². The number of benzene rings is 12. The zero-order chi connectivity index (χ0) is 58.4. The van der Waals surface area contributed by atoms with Crippen molar-refractivity contribution in [2.45, 2.75) is 18.8 Å². The molecule has 2 unspecified atom stereocenters. The summed E-state index contributed by atoms with van der Waals surface area (Å²) in [5, 5.41) is 15.5. The van der Waals surface area contributed by atoms with Gasteiger partial charge in [0.1, 0.15) is 6.17 Å². The Morgan fingerprint density at radius 1 is 0.386 bits per heavy atom. The van der Waals surface area contributed by atoms with Crippen LogP contribution < -0.4 is 5.32 Å². The summed E-state index contributed by atoms with van der Waals surface area (Å²) in [7, 11) is 0. The molecule has 12 aromatic carbocycles. The standard InChI is InChI=1S/C79H51F3N6/c80-79(81,82)53-35-32-48(33-36-53)50-17-15-18-51(42-50)77-76-58-19-2-1-16-49(58)34-41-67(76)83-78(84-77)52-43-56(87-72-30-13-7-24-63(72)65-39-37-54(46-74(65)87)85-68-26-9-3-20-59(68)60-21-4-10-27-69(60)85)45-57(44-52)88-73-31-14-8-25-64(73)66-40-38-55(47-75(66)88)86-70-28-11-5-22-61(70)62-23-6-12-29-71(62)86/h1-41,43-47,51,78,83H,42H2. The summed E-state index contributed by atoms with van der Waals surface area (Å²) >= 11 is 0. The number of halogens is 3. The molecule has 9 heteroatoms. The normalized spacial score (nSPS) is 15.4. The first-order chi connectivity index (χ1) is 43.3. The van der Waals surface area contributed by atoms with E-state index in [1.54, 1.807) is 12.1 Å². The van der Waals surface area contributed by atoms with Crippen molar-refractivity contribution < 1.29 is 13.2 Å². The van der Waals surface area contributed by atoms with E-state index in [1.165, 1.54) is 33.7 Å². The smallest absolute Gasteiger partial charge is 0.360 e. The second-order valence-electron chi connectivity index (χ2n) is 23.4. The maximum Gasteiger partial charge on any atom is 0.416 e. The summed E-state index contributed by atoms with van der Waals surface area (Å²) in [6.07, 6.45) is 1.80. The van der Waals surface area contributed by atoms with Gasteiger partial charge in [0.05, 0.1) is 55.4 Å².